The summed E-state index contributed by atoms with van der Waals surface area (Å²) in [5.74, 6) is -0.0375. The molecule has 1 aromatic heterocycles. The number of nitrogens with one attached hydrogen (secondary N) is 2. The van der Waals surface area contributed by atoms with Gasteiger partial charge in [0.2, 0.25) is 0 Å². The maximum Gasteiger partial charge on any atom is 0.274 e. The van der Waals surface area contributed by atoms with Crippen LogP contribution in [0.2, 0.25) is 0 Å². The third-order valence-corrected chi connectivity index (χ3v) is 4.97. The smallest absolute Gasteiger partial charge is 0.274 e. The van der Waals surface area contributed by atoms with E-state index in [0.29, 0.717) is 49.3 Å². The van der Waals surface area contributed by atoms with Crippen LogP contribution in [0.3, 0.4) is 0 Å². The Balaban J connectivity index is 1.92. The van der Waals surface area contributed by atoms with Gasteiger partial charge in [-0.2, -0.15) is 5.10 Å². The van der Waals surface area contributed by atoms with Gasteiger partial charge in [0.05, 0.1) is 25.1 Å². The van der Waals surface area contributed by atoms with Gasteiger partial charge >= 0.3 is 0 Å². The molecule has 1 aromatic rings. The number of anilines is 1. The summed E-state index contributed by atoms with van der Waals surface area (Å²) in [6.45, 7) is 13.2. The molecule has 0 saturated carbocycles. The van der Waals surface area contributed by atoms with Gasteiger partial charge in [-0.05, 0) is 45.2 Å². The largest absolute Gasteiger partial charge is 0.378 e. The summed E-state index contributed by atoms with van der Waals surface area (Å²) in [5.41, 5.74) is 1.20. The molecule has 1 amide bonds. The highest BCUT2D eigenvalue weighted by Gasteiger charge is 2.25. The summed E-state index contributed by atoms with van der Waals surface area (Å²) in [5, 5.41) is 11.2. The number of thiocarbonyl (C=S) groups is 1. The van der Waals surface area contributed by atoms with Crippen molar-refractivity contribution in [1.29, 1.82) is 0 Å². The minimum atomic E-state index is -0.0375. The molecule has 2 heterocycles. The van der Waals surface area contributed by atoms with E-state index < -0.39 is 0 Å². The van der Waals surface area contributed by atoms with Gasteiger partial charge in [0, 0.05) is 26.2 Å². The summed E-state index contributed by atoms with van der Waals surface area (Å²) in [6.07, 6.45) is 2.68. The van der Waals surface area contributed by atoms with Gasteiger partial charge in [-0.25, -0.2) is 0 Å². The van der Waals surface area contributed by atoms with Crippen molar-refractivity contribution in [3.8, 4) is 0 Å². The number of hydrogen-bond acceptors (Lipinski definition) is 5. The molecule has 0 radical (unpaired) electrons. The molecule has 1 saturated heterocycles. The zero-order chi connectivity index (χ0) is 19.6. The van der Waals surface area contributed by atoms with Crippen LogP contribution >= 0.6 is 12.2 Å². The second kappa shape index (κ2) is 11.2. The van der Waals surface area contributed by atoms with Crippen molar-refractivity contribution in [2.75, 3.05) is 57.8 Å². The summed E-state index contributed by atoms with van der Waals surface area (Å²) < 4.78 is 7.05. The topological polar surface area (TPSA) is 74.7 Å². The van der Waals surface area contributed by atoms with Crippen LogP contribution in [-0.4, -0.2) is 83.1 Å². The number of carbonyl (C=O) groups excluding carboxylic acids is 1. The quantitative estimate of drug-likeness (QED) is 0.483. The minimum absolute atomic E-state index is 0.0375. The Kier molecular flexibility index (Phi) is 8.96. The first-order valence-corrected chi connectivity index (χ1v) is 10.2. The highest BCUT2D eigenvalue weighted by Crippen LogP contribution is 2.18. The van der Waals surface area contributed by atoms with Gasteiger partial charge < -0.3 is 25.2 Å². The molecule has 0 bridgehead atoms. The van der Waals surface area contributed by atoms with Gasteiger partial charge in [0.25, 0.3) is 5.91 Å². The van der Waals surface area contributed by atoms with Crippen molar-refractivity contribution in [3.63, 3.8) is 0 Å². The summed E-state index contributed by atoms with van der Waals surface area (Å²) >= 11 is 5.40. The Morgan fingerprint density at radius 2 is 2.00 bits per heavy atom. The molecule has 0 aliphatic carbocycles. The number of morpholine rings is 1. The first-order valence-electron chi connectivity index (χ1n) is 9.80. The summed E-state index contributed by atoms with van der Waals surface area (Å²) in [6, 6.07) is 0. The fourth-order valence-electron chi connectivity index (χ4n) is 3.07. The standard InChI is InChI=1S/C18H32N6O2S/c1-4-22(5-2)9-7-8-19-18(27)21-15-14-20-24(6-3)16(15)17(25)23-10-12-26-13-11-23/h14H,4-13H2,1-3H3,(H2,19,21,27). The number of nitrogens with zero attached hydrogens (tertiary/aromatic N) is 4. The van der Waals surface area contributed by atoms with Gasteiger partial charge in [0.1, 0.15) is 5.69 Å². The normalized spacial score (nSPS) is 14.4. The summed E-state index contributed by atoms with van der Waals surface area (Å²) in [7, 11) is 0. The lowest BCUT2D eigenvalue weighted by molar-refractivity contribution is 0.0295. The molecule has 2 rings (SSSR count). The van der Waals surface area contributed by atoms with Gasteiger partial charge in [-0.3, -0.25) is 9.48 Å². The molecule has 152 valence electrons. The van der Waals surface area contributed by atoms with E-state index >= 15 is 0 Å². The lowest BCUT2D eigenvalue weighted by atomic mass is 10.3. The minimum Gasteiger partial charge on any atom is -0.378 e. The monoisotopic (exact) mass is 396 g/mol. The SMILES string of the molecule is CCN(CC)CCCNC(=S)Nc1cnn(CC)c1C(=O)N1CCOCC1. The van der Waals surface area contributed by atoms with E-state index in [2.05, 4.69) is 34.5 Å². The van der Waals surface area contributed by atoms with E-state index in [1.54, 1.807) is 15.8 Å². The maximum absolute atomic E-state index is 12.9. The Morgan fingerprint density at radius 3 is 2.63 bits per heavy atom. The number of aromatic nitrogens is 2. The van der Waals surface area contributed by atoms with Crippen LogP contribution in [0.1, 0.15) is 37.7 Å². The number of amides is 1. The molecule has 9 heteroatoms. The van der Waals surface area contributed by atoms with Gasteiger partial charge in [0.15, 0.2) is 5.11 Å². The maximum atomic E-state index is 12.9. The van der Waals surface area contributed by atoms with Crippen LogP contribution in [0.4, 0.5) is 5.69 Å². The van der Waals surface area contributed by atoms with E-state index in [1.165, 1.54) is 0 Å². The fraction of sp³-hybridized carbons (Fsp3) is 0.722. The number of ether oxygens (including phenoxy) is 1. The second-order valence-electron chi connectivity index (χ2n) is 6.39. The lowest BCUT2D eigenvalue weighted by Gasteiger charge is -2.27. The van der Waals surface area contributed by atoms with Crippen molar-refractivity contribution < 1.29 is 9.53 Å². The lowest BCUT2D eigenvalue weighted by Crippen LogP contribution is -2.42. The summed E-state index contributed by atoms with van der Waals surface area (Å²) in [4.78, 5) is 17.1. The van der Waals surface area contributed by atoms with E-state index in [-0.39, 0.29) is 5.91 Å². The zero-order valence-corrected chi connectivity index (χ0v) is 17.5. The van der Waals surface area contributed by atoms with E-state index in [0.717, 1.165) is 32.6 Å². The Bertz CT molecular complexity index is 611. The number of carbonyl (C=O) groups is 1. The second-order valence-corrected chi connectivity index (χ2v) is 6.80. The Morgan fingerprint density at radius 1 is 1.30 bits per heavy atom. The Hall–Kier alpha value is -1.71. The molecule has 0 atom stereocenters. The number of hydrogen-bond donors (Lipinski definition) is 2. The molecule has 1 fully saturated rings. The Labute approximate surface area is 167 Å². The first kappa shape index (κ1) is 21.6. The van der Waals surface area contributed by atoms with Crippen molar-refractivity contribution in [3.05, 3.63) is 11.9 Å². The van der Waals surface area contributed by atoms with Crippen molar-refractivity contribution in [2.24, 2.45) is 0 Å². The third kappa shape index (κ3) is 6.15. The molecule has 0 spiro atoms. The molecule has 8 nitrogen and oxygen atoms in total. The molecule has 0 unspecified atom stereocenters. The molecule has 2 N–H and O–H groups in total. The van der Waals surface area contributed by atoms with E-state index in [9.17, 15) is 4.79 Å². The van der Waals surface area contributed by atoms with Crippen LogP contribution in [0.25, 0.3) is 0 Å². The van der Waals surface area contributed by atoms with Crippen LogP contribution in [0, 0.1) is 0 Å². The molecular formula is C18H32N6O2S. The van der Waals surface area contributed by atoms with Gasteiger partial charge in [-0.1, -0.05) is 13.8 Å². The fourth-order valence-corrected chi connectivity index (χ4v) is 3.28. The average molecular weight is 397 g/mol. The van der Waals surface area contributed by atoms with Crippen molar-refractivity contribution in [1.82, 2.24) is 24.9 Å². The van der Waals surface area contributed by atoms with Crippen molar-refractivity contribution in [2.45, 2.75) is 33.7 Å². The average Bonchev–Trinajstić information content (AvgIpc) is 3.10. The van der Waals surface area contributed by atoms with Crippen molar-refractivity contribution >= 4 is 28.9 Å². The predicted octanol–water partition coefficient (Wildman–Crippen LogP) is 1.39. The first-order chi connectivity index (χ1) is 13.1. The van der Waals surface area contributed by atoms with E-state index in [4.69, 9.17) is 17.0 Å². The molecule has 1 aliphatic rings. The highest BCUT2D eigenvalue weighted by molar-refractivity contribution is 7.80. The molecular weight excluding hydrogens is 364 g/mol. The van der Waals surface area contributed by atoms with Crippen LogP contribution in [0.5, 0.6) is 0 Å². The third-order valence-electron chi connectivity index (χ3n) is 4.72. The predicted molar refractivity (Wildman–Crippen MR) is 111 cm³/mol. The molecule has 27 heavy (non-hydrogen) atoms. The van der Waals surface area contributed by atoms with Crippen LogP contribution < -0.4 is 10.6 Å². The van der Waals surface area contributed by atoms with E-state index in [1.807, 2.05) is 6.92 Å². The molecule has 0 aromatic carbocycles. The van der Waals surface area contributed by atoms with Crippen LogP contribution in [0.15, 0.2) is 6.20 Å². The zero-order valence-electron chi connectivity index (χ0n) is 16.7. The number of rotatable bonds is 9. The van der Waals surface area contributed by atoms with Gasteiger partial charge in [-0.15, -0.1) is 0 Å². The van der Waals surface area contributed by atoms with Crippen LogP contribution in [-0.2, 0) is 11.3 Å². The highest BCUT2D eigenvalue weighted by atomic mass is 32.1. The molecule has 1 aliphatic heterocycles. The number of aryl methyl sites for hydroxylation is 1.